The Bertz CT molecular complexity index is 587. The number of hydrogen-bond donors (Lipinski definition) is 0. The fourth-order valence-electron chi connectivity index (χ4n) is 2.22. The van der Waals surface area contributed by atoms with Crippen LogP contribution in [0.4, 0.5) is 0 Å². The molecule has 2 heteroatoms. The standard InChI is InChI=1S/C16H17ClO/c1-3-4-5-13-8-12-6-7-15(17)9-14(12)10-16(13)11(2)18/h6-10H,3-5H2,1-2H3. The second-order valence-corrected chi connectivity index (χ2v) is 5.10. The molecule has 0 saturated carbocycles. The van der Waals surface area contributed by atoms with Crippen molar-refractivity contribution in [1.29, 1.82) is 0 Å². The van der Waals surface area contributed by atoms with E-state index in [-0.39, 0.29) is 5.78 Å². The third kappa shape index (κ3) is 2.73. The van der Waals surface area contributed by atoms with Gasteiger partial charge in [0.25, 0.3) is 0 Å². The van der Waals surface area contributed by atoms with Crippen LogP contribution in [0.15, 0.2) is 30.3 Å². The number of aryl methyl sites for hydroxylation is 1. The molecule has 0 spiro atoms. The topological polar surface area (TPSA) is 17.1 Å². The highest BCUT2D eigenvalue weighted by atomic mass is 35.5. The second kappa shape index (κ2) is 5.53. The van der Waals surface area contributed by atoms with Crippen LogP contribution in [-0.2, 0) is 6.42 Å². The molecular formula is C16H17ClO. The fraction of sp³-hybridized carbons (Fsp3) is 0.312. The molecule has 2 aromatic rings. The number of benzene rings is 2. The number of halogens is 1. The summed E-state index contributed by atoms with van der Waals surface area (Å²) in [5.74, 6) is 0.128. The number of hydrogen-bond acceptors (Lipinski definition) is 1. The maximum Gasteiger partial charge on any atom is 0.160 e. The van der Waals surface area contributed by atoms with E-state index in [1.807, 2.05) is 24.3 Å². The molecule has 0 bridgehead atoms. The number of Topliss-reactive ketones (excluding diaryl/α,β-unsaturated/α-hetero) is 1. The quantitative estimate of drug-likeness (QED) is 0.704. The molecule has 0 fully saturated rings. The van der Waals surface area contributed by atoms with Gasteiger partial charge in [-0.3, -0.25) is 4.79 Å². The van der Waals surface area contributed by atoms with Gasteiger partial charge in [0, 0.05) is 10.6 Å². The molecule has 2 rings (SSSR count). The zero-order valence-corrected chi connectivity index (χ0v) is 11.6. The Hall–Kier alpha value is -1.34. The van der Waals surface area contributed by atoms with Crippen LogP contribution in [0.2, 0.25) is 5.02 Å². The van der Waals surface area contributed by atoms with Gasteiger partial charge in [-0.2, -0.15) is 0 Å². The summed E-state index contributed by atoms with van der Waals surface area (Å²) >= 11 is 5.99. The van der Waals surface area contributed by atoms with Crippen molar-refractivity contribution in [3.63, 3.8) is 0 Å². The Morgan fingerprint density at radius 1 is 1.17 bits per heavy atom. The average molecular weight is 261 g/mol. The molecule has 0 atom stereocenters. The van der Waals surface area contributed by atoms with E-state index in [1.54, 1.807) is 6.92 Å². The van der Waals surface area contributed by atoms with Crippen molar-refractivity contribution in [2.45, 2.75) is 33.1 Å². The zero-order valence-electron chi connectivity index (χ0n) is 10.8. The third-order valence-corrected chi connectivity index (χ3v) is 3.44. The van der Waals surface area contributed by atoms with E-state index in [4.69, 9.17) is 11.6 Å². The minimum atomic E-state index is 0.128. The molecule has 0 heterocycles. The van der Waals surface area contributed by atoms with Gasteiger partial charge in [0.05, 0.1) is 0 Å². The van der Waals surface area contributed by atoms with Gasteiger partial charge in [-0.05, 0) is 54.3 Å². The summed E-state index contributed by atoms with van der Waals surface area (Å²) in [7, 11) is 0. The summed E-state index contributed by atoms with van der Waals surface area (Å²) in [6.45, 7) is 3.79. The molecule has 0 aliphatic carbocycles. The van der Waals surface area contributed by atoms with E-state index >= 15 is 0 Å². The number of fused-ring (bicyclic) bond motifs is 1. The maximum absolute atomic E-state index is 11.7. The normalized spacial score (nSPS) is 10.8. The van der Waals surface area contributed by atoms with Crippen molar-refractivity contribution in [1.82, 2.24) is 0 Å². The van der Waals surface area contributed by atoms with Gasteiger partial charge in [-0.15, -0.1) is 0 Å². The number of carbonyl (C=O) groups is 1. The molecule has 94 valence electrons. The van der Waals surface area contributed by atoms with E-state index in [9.17, 15) is 4.79 Å². The Morgan fingerprint density at radius 2 is 1.94 bits per heavy atom. The molecule has 0 aliphatic heterocycles. The van der Waals surface area contributed by atoms with Gasteiger partial charge in [0.1, 0.15) is 0 Å². The molecule has 0 radical (unpaired) electrons. The van der Waals surface area contributed by atoms with E-state index in [0.717, 1.165) is 41.2 Å². The maximum atomic E-state index is 11.7. The van der Waals surface area contributed by atoms with Crippen molar-refractivity contribution in [2.75, 3.05) is 0 Å². The predicted octanol–water partition coefficient (Wildman–Crippen LogP) is 5.04. The van der Waals surface area contributed by atoms with Crippen molar-refractivity contribution in [3.05, 3.63) is 46.5 Å². The van der Waals surface area contributed by atoms with Crippen molar-refractivity contribution in [2.24, 2.45) is 0 Å². The highest BCUT2D eigenvalue weighted by molar-refractivity contribution is 6.31. The van der Waals surface area contributed by atoms with Gasteiger partial charge in [0.15, 0.2) is 5.78 Å². The minimum Gasteiger partial charge on any atom is -0.295 e. The average Bonchev–Trinajstić information content (AvgIpc) is 2.35. The first-order valence-electron chi connectivity index (χ1n) is 6.35. The van der Waals surface area contributed by atoms with Crippen LogP contribution in [0.1, 0.15) is 42.6 Å². The molecule has 0 aliphatic rings. The van der Waals surface area contributed by atoms with Crippen LogP contribution >= 0.6 is 11.6 Å². The molecule has 0 N–H and O–H groups in total. The van der Waals surface area contributed by atoms with Crippen LogP contribution in [0.3, 0.4) is 0 Å². The molecule has 0 amide bonds. The lowest BCUT2D eigenvalue weighted by atomic mass is 9.95. The van der Waals surface area contributed by atoms with Crippen molar-refractivity contribution in [3.8, 4) is 0 Å². The summed E-state index contributed by atoms with van der Waals surface area (Å²) in [6, 6.07) is 9.90. The largest absolute Gasteiger partial charge is 0.295 e. The predicted molar refractivity (Wildman–Crippen MR) is 77.6 cm³/mol. The van der Waals surface area contributed by atoms with Gasteiger partial charge < -0.3 is 0 Å². The fourth-order valence-corrected chi connectivity index (χ4v) is 2.40. The van der Waals surface area contributed by atoms with E-state index < -0.39 is 0 Å². The van der Waals surface area contributed by atoms with E-state index in [0.29, 0.717) is 5.02 Å². The molecule has 1 nitrogen and oxygen atoms in total. The zero-order chi connectivity index (χ0) is 13.1. The first-order valence-corrected chi connectivity index (χ1v) is 6.72. The van der Waals surface area contributed by atoms with E-state index in [2.05, 4.69) is 13.0 Å². The molecule has 0 saturated heterocycles. The minimum absolute atomic E-state index is 0.128. The van der Waals surface area contributed by atoms with E-state index in [1.165, 1.54) is 0 Å². The summed E-state index contributed by atoms with van der Waals surface area (Å²) in [6.07, 6.45) is 3.21. The summed E-state index contributed by atoms with van der Waals surface area (Å²) in [5, 5.41) is 2.89. The Labute approximate surface area is 113 Å². The Morgan fingerprint density at radius 3 is 2.61 bits per heavy atom. The molecule has 0 unspecified atom stereocenters. The van der Waals surface area contributed by atoms with Gasteiger partial charge in [-0.1, -0.05) is 37.1 Å². The van der Waals surface area contributed by atoms with Crippen molar-refractivity contribution >= 4 is 28.2 Å². The first-order chi connectivity index (χ1) is 8.61. The molecule has 2 aromatic carbocycles. The number of rotatable bonds is 4. The van der Waals surface area contributed by atoms with Crippen LogP contribution in [0.25, 0.3) is 10.8 Å². The number of unbranched alkanes of at least 4 members (excludes halogenated alkanes) is 1. The number of carbonyl (C=O) groups excluding carboxylic acids is 1. The second-order valence-electron chi connectivity index (χ2n) is 4.66. The van der Waals surface area contributed by atoms with Gasteiger partial charge in [-0.25, -0.2) is 0 Å². The SMILES string of the molecule is CCCCc1cc2ccc(Cl)cc2cc1C(C)=O. The first kappa shape index (κ1) is 13.1. The lowest BCUT2D eigenvalue weighted by Gasteiger charge is -2.09. The van der Waals surface area contributed by atoms with Crippen LogP contribution in [0, 0.1) is 0 Å². The smallest absolute Gasteiger partial charge is 0.160 e. The lowest BCUT2D eigenvalue weighted by Crippen LogP contribution is -2.00. The van der Waals surface area contributed by atoms with Crippen molar-refractivity contribution < 1.29 is 4.79 Å². The van der Waals surface area contributed by atoms with Gasteiger partial charge in [0.2, 0.25) is 0 Å². The Kier molecular flexibility index (Phi) is 4.03. The van der Waals surface area contributed by atoms with Crippen LogP contribution < -0.4 is 0 Å². The number of ketones is 1. The third-order valence-electron chi connectivity index (χ3n) is 3.20. The van der Waals surface area contributed by atoms with Crippen LogP contribution in [0.5, 0.6) is 0 Å². The van der Waals surface area contributed by atoms with Crippen LogP contribution in [-0.4, -0.2) is 5.78 Å². The summed E-state index contributed by atoms with van der Waals surface area (Å²) in [4.78, 5) is 11.7. The van der Waals surface area contributed by atoms with Gasteiger partial charge >= 0.3 is 0 Å². The lowest BCUT2D eigenvalue weighted by molar-refractivity contribution is 0.101. The molecular weight excluding hydrogens is 244 g/mol. The highest BCUT2D eigenvalue weighted by Crippen LogP contribution is 2.25. The molecule has 18 heavy (non-hydrogen) atoms. The Balaban J connectivity index is 2.57. The summed E-state index contributed by atoms with van der Waals surface area (Å²) < 4.78 is 0. The molecule has 0 aromatic heterocycles. The highest BCUT2D eigenvalue weighted by Gasteiger charge is 2.09. The summed E-state index contributed by atoms with van der Waals surface area (Å²) in [5.41, 5.74) is 1.98. The monoisotopic (exact) mass is 260 g/mol.